The minimum Gasteiger partial charge on any atom is -0.492 e. The van der Waals surface area contributed by atoms with Gasteiger partial charge in [0.25, 0.3) is 0 Å². The molecule has 1 aromatic rings. The van der Waals surface area contributed by atoms with Crippen molar-refractivity contribution in [1.82, 2.24) is 20.4 Å². The number of hydrogen-bond donors (Lipinski definition) is 2. The van der Waals surface area contributed by atoms with Crippen molar-refractivity contribution in [3.8, 4) is 17.2 Å². The van der Waals surface area contributed by atoms with Crippen molar-refractivity contribution in [1.29, 1.82) is 0 Å². The molecule has 4 aliphatic rings. The van der Waals surface area contributed by atoms with E-state index in [9.17, 15) is 28.8 Å². The first-order chi connectivity index (χ1) is 16.1. The van der Waals surface area contributed by atoms with Gasteiger partial charge in [-0.2, -0.15) is 0 Å². The molecule has 5 rings (SSSR count). The van der Waals surface area contributed by atoms with E-state index in [0.29, 0.717) is 22.6 Å². The third kappa shape index (κ3) is 2.66. The number of carbonyl (C=O) groups excluding carboxylic acids is 6. The zero-order chi connectivity index (χ0) is 24.5. The maximum atomic E-state index is 13.6. The van der Waals surface area contributed by atoms with Gasteiger partial charge in [-0.15, -0.1) is 0 Å². The predicted molar refractivity (Wildman–Crippen MR) is 109 cm³/mol. The van der Waals surface area contributed by atoms with Crippen LogP contribution in [0.15, 0.2) is 6.07 Å². The van der Waals surface area contributed by atoms with E-state index in [-0.39, 0.29) is 25.4 Å². The lowest BCUT2D eigenvalue weighted by Gasteiger charge is -2.48. The van der Waals surface area contributed by atoms with Gasteiger partial charge < -0.3 is 14.2 Å². The van der Waals surface area contributed by atoms with Crippen LogP contribution in [0, 0.1) is 17.3 Å². The third-order valence-corrected chi connectivity index (χ3v) is 6.98. The summed E-state index contributed by atoms with van der Waals surface area (Å²) in [6, 6.07) is -0.178. The number of ether oxygens (including phenoxy) is 3. The number of nitrogens with one attached hydrogen (secondary N) is 2. The Bertz CT molecular complexity index is 1210. The van der Waals surface area contributed by atoms with Crippen LogP contribution in [0.3, 0.4) is 0 Å². The van der Waals surface area contributed by atoms with Crippen molar-refractivity contribution in [3.05, 3.63) is 17.2 Å². The van der Waals surface area contributed by atoms with E-state index in [0.717, 1.165) is 9.80 Å². The number of imide groups is 4. The molecule has 0 bridgehead atoms. The molecule has 2 fully saturated rings. The Morgan fingerprint density at radius 1 is 1.03 bits per heavy atom. The molecule has 0 saturated carbocycles. The van der Waals surface area contributed by atoms with Crippen LogP contribution < -0.4 is 24.8 Å². The van der Waals surface area contributed by atoms with Crippen molar-refractivity contribution in [3.63, 3.8) is 0 Å². The van der Waals surface area contributed by atoms with Crippen molar-refractivity contribution in [2.45, 2.75) is 12.8 Å². The van der Waals surface area contributed by atoms with E-state index in [2.05, 4.69) is 10.6 Å². The number of urea groups is 2. The summed E-state index contributed by atoms with van der Waals surface area (Å²) in [4.78, 5) is 78.6. The highest BCUT2D eigenvalue weighted by atomic mass is 16.7. The van der Waals surface area contributed by atoms with Crippen LogP contribution in [0.5, 0.6) is 17.2 Å². The van der Waals surface area contributed by atoms with Crippen molar-refractivity contribution >= 4 is 35.7 Å². The first kappa shape index (κ1) is 21.7. The maximum Gasteiger partial charge on any atom is 0.330 e. The number of fused-ring (bicyclic) bond motifs is 2. The van der Waals surface area contributed by atoms with E-state index in [4.69, 9.17) is 14.2 Å². The molecule has 3 atom stereocenters. The van der Waals surface area contributed by atoms with Gasteiger partial charge in [0, 0.05) is 32.0 Å². The number of hydrogen-bond acceptors (Lipinski definition) is 9. The Morgan fingerprint density at radius 3 is 2.44 bits per heavy atom. The van der Waals surface area contributed by atoms with Crippen LogP contribution in [0.1, 0.15) is 11.1 Å². The zero-order valence-corrected chi connectivity index (χ0v) is 18.4. The zero-order valence-electron chi connectivity index (χ0n) is 18.4. The molecule has 2 N–H and O–H groups in total. The summed E-state index contributed by atoms with van der Waals surface area (Å²) in [5.41, 5.74) is -0.963. The molecule has 2 saturated heterocycles. The van der Waals surface area contributed by atoms with Gasteiger partial charge in [0.2, 0.25) is 36.2 Å². The van der Waals surface area contributed by atoms with Gasteiger partial charge in [0.1, 0.15) is 11.3 Å². The second-order valence-electron chi connectivity index (χ2n) is 8.53. The highest BCUT2D eigenvalue weighted by Gasteiger charge is 2.64. The number of amides is 8. The molecular weight excluding hydrogens is 452 g/mol. The monoisotopic (exact) mass is 472 g/mol. The molecule has 3 heterocycles. The summed E-state index contributed by atoms with van der Waals surface area (Å²) in [6.07, 6.45) is -0.362. The molecule has 0 radical (unpaired) electrons. The van der Waals surface area contributed by atoms with Crippen molar-refractivity contribution in [2.75, 3.05) is 28.0 Å². The van der Waals surface area contributed by atoms with Gasteiger partial charge >= 0.3 is 12.1 Å². The molecular formula is C21H20N4O9. The summed E-state index contributed by atoms with van der Waals surface area (Å²) in [7, 11) is 3.79. The number of rotatable bonds is 2. The Morgan fingerprint density at radius 2 is 1.74 bits per heavy atom. The topological polar surface area (TPSA) is 161 Å². The van der Waals surface area contributed by atoms with Crippen molar-refractivity contribution < 1.29 is 43.0 Å². The molecule has 8 amide bonds. The number of benzene rings is 1. The Kier molecular flexibility index (Phi) is 4.57. The van der Waals surface area contributed by atoms with Crippen LogP contribution >= 0.6 is 0 Å². The quantitative estimate of drug-likeness (QED) is 0.523. The number of barbiturate groups is 2. The highest BCUT2D eigenvalue weighted by Crippen LogP contribution is 2.54. The predicted octanol–water partition coefficient (Wildman–Crippen LogP) is -0.842. The normalized spacial score (nSPS) is 28.2. The summed E-state index contributed by atoms with van der Waals surface area (Å²) in [5, 5.41) is 4.27. The molecule has 1 aliphatic carbocycles. The standard InChI is InChI=1S/C21H20N4O9/c1-24-16(27)12(15(26)22-19(24)30)10-4-8-5-11-14(34-7-33-11)13(32-3)9(8)6-21(10)17(28)23-20(31)25(2)18(21)29/h5,10,12H,4,6-7H2,1-3H3,(H,22,26,30)(H,23,28,31)/t10-,12+,21+/m1/s1. The first-order valence-electron chi connectivity index (χ1n) is 10.4. The SMILES string of the molecule is COc1c2c(cc3c1OCO3)C[C@H]([C@H]1C(=O)NC(=O)N(C)C1=O)[C@@]1(C2)C(=O)NC(=O)N(C)C1=O. The molecule has 3 aliphatic heterocycles. The molecule has 13 heteroatoms. The number of carbonyl (C=O) groups is 6. The molecule has 1 spiro atoms. The summed E-state index contributed by atoms with van der Waals surface area (Å²) < 4.78 is 16.5. The molecule has 0 aromatic heterocycles. The molecule has 0 unspecified atom stereocenters. The Hall–Kier alpha value is -4.16. The lowest BCUT2D eigenvalue weighted by Crippen LogP contribution is -2.70. The minimum absolute atomic E-state index is 0.0593. The van der Waals surface area contributed by atoms with Crippen molar-refractivity contribution in [2.24, 2.45) is 17.3 Å². The fourth-order valence-corrected chi connectivity index (χ4v) is 5.22. The first-order valence-corrected chi connectivity index (χ1v) is 10.4. The smallest absolute Gasteiger partial charge is 0.330 e. The highest BCUT2D eigenvalue weighted by molar-refractivity contribution is 6.21. The van der Waals surface area contributed by atoms with Crippen LogP contribution in [0.2, 0.25) is 0 Å². The molecule has 178 valence electrons. The van der Waals surface area contributed by atoms with E-state index < -0.39 is 52.9 Å². The second kappa shape index (κ2) is 7.17. The average Bonchev–Trinajstić information content (AvgIpc) is 3.26. The fraction of sp³-hybridized carbons (Fsp3) is 0.429. The van der Waals surface area contributed by atoms with Gasteiger partial charge in [0.05, 0.1) is 7.11 Å². The van der Waals surface area contributed by atoms with Crippen LogP contribution in [-0.4, -0.2) is 73.5 Å². The van der Waals surface area contributed by atoms with Crippen LogP contribution in [-0.2, 0) is 32.0 Å². The van der Waals surface area contributed by atoms with Crippen LogP contribution in [0.25, 0.3) is 0 Å². The number of methoxy groups -OCH3 is 1. The third-order valence-electron chi connectivity index (χ3n) is 6.98. The Labute approximate surface area is 192 Å². The second-order valence-corrected chi connectivity index (χ2v) is 8.53. The van der Waals surface area contributed by atoms with Gasteiger partial charge in [-0.1, -0.05) is 0 Å². The summed E-state index contributed by atoms with van der Waals surface area (Å²) >= 11 is 0. The Balaban J connectivity index is 1.73. The number of nitrogens with zero attached hydrogens (tertiary/aromatic N) is 2. The van der Waals surface area contributed by atoms with Gasteiger partial charge in [0.15, 0.2) is 11.5 Å². The molecule has 13 nitrogen and oxygen atoms in total. The maximum absolute atomic E-state index is 13.6. The van der Waals surface area contributed by atoms with Gasteiger partial charge in [-0.25, -0.2) is 9.59 Å². The van der Waals surface area contributed by atoms with Crippen LogP contribution in [0.4, 0.5) is 9.59 Å². The van der Waals surface area contributed by atoms with Gasteiger partial charge in [-0.05, 0) is 18.1 Å². The lowest BCUT2D eigenvalue weighted by atomic mass is 9.57. The fourth-order valence-electron chi connectivity index (χ4n) is 5.22. The van der Waals surface area contributed by atoms with Gasteiger partial charge in [-0.3, -0.25) is 39.6 Å². The van der Waals surface area contributed by atoms with E-state index in [1.54, 1.807) is 6.07 Å². The average molecular weight is 472 g/mol. The molecule has 1 aromatic carbocycles. The largest absolute Gasteiger partial charge is 0.492 e. The summed E-state index contributed by atoms with van der Waals surface area (Å²) in [6.45, 7) is -0.0593. The minimum atomic E-state index is -2.00. The van der Waals surface area contributed by atoms with E-state index >= 15 is 0 Å². The molecule has 34 heavy (non-hydrogen) atoms. The van der Waals surface area contributed by atoms with E-state index in [1.165, 1.54) is 21.2 Å². The van der Waals surface area contributed by atoms with E-state index in [1.807, 2.05) is 0 Å². The lowest BCUT2D eigenvalue weighted by molar-refractivity contribution is -0.161. The summed E-state index contributed by atoms with van der Waals surface area (Å²) in [5.74, 6) is -5.38.